The van der Waals surface area contributed by atoms with E-state index in [9.17, 15) is 9.59 Å². The van der Waals surface area contributed by atoms with Crippen molar-refractivity contribution in [1.29, 1.82) is 0 Å². The number of carbonyl (C=O) groups is 2. The number of ether oxygens (including phenoxy) is 1. The molecule has 1 atom stereocenters. The van der Waals surface area contributed by atoms with Crippen molar-refractivity contribution in [1.82, 2.24) is 9.88 Å². The first-order valence-corrected chi connectivity index (χ1v) is 8.26. The van der Waals surface area contributed by atoms with Crippen LogP contribution in [-0.2, 0) is 27.3 Å². The van der Waals surface area contributed by atoms with Gasteiger partial charge in [-0.15, -0.1) is 11.3 Å². The van der Waals surface area contributed by atoms with E-state index in [0.29, 0.717) is 19.5 Å². The number of aromatic nitrogens is 1. The third-order valence-electron chi connectivity index (χ3n) is 3.44. The van der Waals surface area contributed by atoms with Crippen molar-refractivity contribution >= 4 is 23.2 Å². The van der Waals surface area contributed by atoms with E-state index in [1.165, 1.54) is 7.11 Å². The maximum absolute atomic E-state index is 12.6. The Balaban J connectivity index is 2.09. The number of nitrogens with zero attached hydrogens (tertiary/aromatic N) is 2. The molecule has 0 N–H and O–H groups in total. The van der Waals surface area contributed by atoms with Crippen LogP contribution in [0.4, 0.5) is 0 Å². The number of methoxy groups -OCH3 is 1. The summed E-state index contributed by atoms with van der Waals surface area (Å²) >= 11 is 1.55. The predicted molar refractivity (Wildman–Crippen MR) is 88.9 cm³/mol. The van der Waals surface area contributed by atoms with Crippen molar-refractivity contribution < 1.29 is 14.3 Å². The molecule has 2 rings (SSSR count). The molecule has 0 saturated carbocycles. The van der Waals surface area contributed by atoms with Gasteiger partial charge in [-0.2, -0.15) is 0 Å². The molecule has 0 aliphatic rings. The van der Waals surface area contributed by atoms with Crippen molar-refractivity contribution in [2.45, 2.75) is 19.9 Å². The number of pyridine rings is 1. The van der Waals surface area contributed by atoms with Gasteiger partial charge < -0.3 is 9.64 Å². The maximum atomic E-state index is 12.6. The van der Waals surface area contributed by atoms with Crippen molar-refractivity contribution in [3.63, 3.8) is 0 Å². The van der Waals surface area contributed by atoms with Crippen LogP contribution < -0.4 is 0 Å². The molecular weight excluding hydrogens is 312 g/mol. The molecule has 6 heteroatoms. The average Bonchev–Trinajstić information content (AvgIpc) is 3.07. The molecule has 0 aliphatic heterocycles. The average molecular weight is 332 g/mol. The summed E-state index contributed by atoms with van der Waals surface area (Å²) in [6.07, 6.45) is 2.03. The molecule has 0 aliphatic carbocycles. The Morgan fingerprint density at radius 2 is 2.13 bits per heavy atom. The highest BCUT2D eigenvalue weighted by Crippen LogP contribution is 2.14. The first-order valence-electron chi connectivity index (χ1n) is 7.38. The van der Waals surface area contributed by atoms with Gasteiger partial charge in [0.25, 0.3) is 0 Å². The molecule has 1 unspecified atom stereocenters. The third-order valence-corrected chi connectivity index (χ3v) is 4.31. The Hall–Kier alpha value is -2.21. The Morgan fingerprint density at radius 3 is 2.74 bits per heavy atom. The van der Waals surface area contributed by atoms with Gasteiger partial charge in [-0.25, -0.2) is 0 Å². The molecule has 1 amide bonds. The maximum Gasteiger partial charge on any atom is 0.310 e. The zero-order valence-electron chi connectivity index (χ0n) is 13.3. The van der Waals surface area contributed by atoms with Gasteiger partial charge in [-0.3, -0.25) is 14.6 Å². The van der Waals surface area contributed by atoms with Gasteiger partial charge >= 0.3 is 5.97 Å². The van der Waals surface area contributed by atoms with Crippen molar-refractivity contribution in [2.75, 3.05) is 13.7 Å². The van der Waals surface area contributed by atoms with Crippen LogP contribution in [0.25, 0.3) is 0 Å². The fourth-order valence-corrected chi connectivity index (χ4v) is 2.92. The fraction of sp³-hybridized carbons (Fsp3) is 0.353. The van der Waals surface area contributed by atoms with Crippen LogP contribution in [-0.4, -0.2) is 35.4 Å². The van der Waals surface area contributed by atoms with Crippen LogP contribution in [0.2, 0.25) is 0 Å². The van der Waals surface area contributed by atoms with Crippen LogP contribution in [0.1, 0.15) is 17.5 Å². The Morgan fingerprint density at radius 1 is 1.30 bits per heavy atom. The highest BCUT2D eigenvalue weighted by molar-refractivity contribution is 7.10. The lowest BCUT2D eigenvalue weighted by atomic mass is 10.1. The number of hydrogen-bond acceptors (Lipinski definition) is 5. The summed E-state index contributed by atoms with van der Waals surface area (Å²) in [5.41, 5.74) is 0.795. The number of amides is 1. The molecule has 0 bridgehead atoms. The molecule has 0 saturated heterocycles. The highest BCUT2D eigenvalue weighted by atomic mass is 32.1. The minimum Gasteiger partial charge on any atom is -0.469 e. The summed E-state index contributed by atoms with van der Waals surface area (Å²) in [6, 6.07) is 9.44. The predicted octanol–water partition coefficient (Wildman–Crippen LogP) is 2.52. The topological polar surface area (TPSA) is 59.5 Å². The van der Waals surface area contributed by atoms with E-state index >= 15 is 0 Å². The summed E-state index contributed by atoms with van der Waals surface area (Å²) in [4.78, 5) is 31.2. The second-order valence-corrected chi connectivity index (χ2v) is 6.31. The smallest absolute Gasteiger partial charge is 0.310 e. The van der Waals surface area contributed by atoms with E-state index < -0.39 is 0 Å². The van der Waals surface area contributed by atoms with E-state index in [-0.39, 0.29) is 17.8 Å². The first kappa shape index (κ1) is 17.1. The highest BCUT2D eigenvalue weighted by Gasteiger charge is 2.22. The lowest BCUT2D eigenvalue weighted by molar-refractivity contribution is -0.146. The summed E-state index contributed by atoms with van der Waals surface area (Å²) < 4.78 is 4.76. The van der Waals surface area contributed by atoms with Crippen LogP contribution in [0.15, 0.2) is 41.9 Å². The van der Waals surface area contributed by atoms with E-state index in [2.05, 4.69) is 4.98 Å². The van der Waals surface area contributed by atoms with Crippen molar-refractivity contribution in [2.24, 2.45) is 5.92 Å². The second kappa shape index (κ2) is 8.43. The quantitative estimate of drug-likeness (QED) is 0.731. The number of carbonyl (C=O) groups excluding carboxylic acids is 2. The molecule has 2 aromatic rings. The Labute approximate surface area is 139 Å². The van der Waals surface area contributed by atoms with E-state index in [1.807, 2.05) is 35.7 Å². The second-order valence-electron chi connectivity index (χ2n) is 5.28. The molecule has 2 heterocycles. The normalized spacial score (nSPS) is 11.7. The summed E-state index contributed by atoms with van der Waals surface area (Å²) in [5, 5.41) is 1.95. The molecule has 2 aromatic heterocycles. The molecular formula is C17H20N2O3S. The number of rotatable bonds is 7. The van der Waals surface area contributed by atoms with Gasteiger partial charge in [0.2, 0.25) is 5.91 Å². The van der Waals surface area contributed by atoms with Crippen LogP contribution in [0.5, 0.6) is 0 Å². The van der Waals surface area contributed by atoms with E-state index in [0.717, 1.165) is 10.6 Å². The number of thiophene rings is 1. The minimum atomic E-state index is -0.379. The van der Waals surface area contributed by atoms with Gasteiger partial charge in [-0.1, -0.05) is 19.1 Å². The monoisotopic (exact) mass is 332 g/mol. The van der Waals surface area contributed by atoms with Gasteiger partial charge in [0, 0.05) is 17.6 Å². The van der Waals surface area contributed by atoms with E-state index in [1.54, 1.807) is 29.4 Å². The Kier molecular flexibility index (Phi) is 6.29. The largest absolute Gasteiger partial charge is 0.469 e. The summed E-state index contributed by atoms with van der Waals surface area (Å²) in [5.74, 6) is -0.718. The zero-order valence-corrected chi connectivity index (χ0v) is 14.1. The van der Waals surface area contributed by atoms with Crippen LogP contribution >= 0.6 is 11.3 Å². The Bertz CT molecular complexity index is 629. The molecule has 0 fully saturated rings. The lowest BCUT2D eigenvalue weighted by Crippen LogP contribution is -2.37. The van der Waals surface area contributed by atoms with E-state index in [4.69, 9.17) is 4.74 Å². The molecule has 0 aromatic carbocycles. The zero-order chi connectivity index (χ0) is 16.7. The summed E-state index contributed by atoms with van der Waals surface area (Å²) in [6.45, 7) is 2.45. The summed E-state index contributed by atoms with van der Waals surface area (Å²) in [7, 11) is 1.36. The molecule has 0 radical (unpaired) electrons. The van der Waals surface area contributed by atoms with Gasteiger partial charge in [0.1, 0.15) is 0 Å². The van der Waals surface area contributed by atoms with Gasteiger partial charge in [0.05, 0.1) is 31.7 Å². The fourth-order valence-electron chi connectivity index (χ4n) is 2.22. The molecule has 23 heavy (non-hydrogen) atoms. The van der Waals surface area contributed by atoms with Crippen molar-refractivity contribution in [3.05, 3.63) is 52.5 Å². The number of esters is 1. The van der Waals surface area contributed by atoms with Crippen LogP contribution in [0.3, 0.4) is 0 Å². The van der Waals surface area contributed by atoms with Gasteiger partial charge in [-0.05, 0) is 23.6 Å². The third kappa shape index (κ3) is 5.17. The standard InChI is InChI=1S/C17H20N2O3S/c1-13(17(21)22-2)11-19(12-14-6-3-4-8-18-14)16(20)10-15-7-5-9-23-15/h3-9,13H,10-12H2,1-2H3. The van der Waals surface area contributed by atoms with Crippen LogP contribution in [0, 0.1) is 5.92 Å². The van der Waals surface area contributed by atoms with Gasteiger partial charge in [0.15, 0.2) is 0 Å². The molecule has 5 nitrogen and oxygen atoms in total. The van der Waals surface area contributed by atoms with Crippen molar-refractivity contribution in [3.8, 4) is 0 Å². The first-order chi connectivity index (χ1) is 11.1. The molecule has 0 spiro atoms. The molecule has 122 valence electrons. The lowest BCUT2D eigenvalue weighted by Gasteiger charge is -2.24. The minimum absolute atomic E-state index is 0.0196. The SMILES string of the molecule is COC(=O)C(C)CN(Cc1ccccn1)C(=O)Cc1cccs1. The number of hydrogen-bond donors (Lipinski definition) is 0.